The van der Waals surface area contributed by atoms with E-state index in [1.54, 1.807) is 18.2 Å². The lowest BCUT2D eigenvalue weighted by atomic mass is 9.98. The minimum absolute atomic E-state index is 0.104. The summed E-state index contributed by atoms with van der Waals surface area (Å²) < 4.78 is 12.8. The van der Waals surface area contributed by atoms with Crippen molar-refractivity contribution in [3.8, 4) is 11.5 Å². The summed E-state index contributed by atoms with van der Waals surface area (Å²) in [6.45, 7) is 0. The molecule has 5 rings (SSSR count). The van der Waals surface area contributed by atoms with E-state index < -0.39 is 16.3 Å². The monoisotopic (exact) mass is 498 g/mol. The van der Waals surface area contributed by atoms with Gasteiger partial charge in [0.05, 0.1) is 6.10 Å². The molecule has 4 nitrogen and oxygen atoms in total. The summed E-state index contributed by atoms with van der Waals surface area (Å²) >= 11 is 0. The van der Waals surface area contributed by atoms with Crippen molar-refractivity contribution < 1.29 is 18.8 Å². The molecule has 4 aromatic carbocycles. The van der Waals surface area contributed by atoms with Gasteiger partial charge >= 0.3 is 5.97 Å². The second-order valence-electron chi connectivity index (χ2n) is 8.92. The van der Waals surface area contributed by atoms with E-state index >= 15 is 0 Å². The van der Waals surface area contributed by atoms with Gasteiger partial charge in [0.25, 0.3) is 0 Å². The molecule has 0 aromatic heterocycles. The smallest absolute Gasteiger partial charge is 0.353 e. The first-order valence-corrected chi connectivity index (χ1v) is 13.9. The second kappa shape index (κ2) is 10.9. The van der Waals surface area contributed by atoms with E-state index in [1.807, 2.05) is 84.9 Å². The van der Waals surface area contributed by atoms with Crippen LogP contribution in [0.1, 0.15) is 42.5 Å². The van der Waals surface area contributed by atoms with Gasteiger partial charge in [0.1, 0.15) is 17.1 Å². The third-order valence-corrected chi connectivity index (χ3v) is 9.69. The van der Waals surface area contributed by atoms with Crippen LogP contribution in [0.5, 0.6) is 11.5 Å². The predicted octanol–water partition coefficient (Wildman–Crippen LogP) is 8.16. The molecule has 0 unspecified atom stereocenters. The number of ether oxygens (including phenoxy) is 1. The largest absolute Gasteiger partial charge is 0.507 e. The summed E-state index contributed by atoms with van der Waals surface area (Å²) in [7, 11) is -2.46. The summed E-state index contributed by atoms with van der Waals surface area (Å²) in [5, 5.41) is 10.4. The lowest BCUT2D eigenvalue weighted by Gasteiger charge is -2.39. The molecule has 0 spiro atoms. The molecule has 184 valence electrons. The highest BCUT2D eigenvalue weighted by molar-refractivity contribution is 8.30. The molecule has 1 N–H and O–H groups in total. The average molecular weight is 499 g/mol. The number of phenolic OH excluding ortho intramolecular Hbond substituents is 1. The number of carbonyl (C=O) groups is 1. The van der Waals surface area contributed by atoms with Crippen molar-refractivity contribution in [2.24, 2.45) is 0 Å². The molecule has 0 atom stereocenters. The quantitative estimate of drug-likeness (QED) is 0.279. The Morgan fingerprint density at radius 2 is 1.19 bits per heavy atom. The van der Waals surface area contributed by atoms with Crippen molar-refractivity contribution in [2.45, 2.75) is 52.9 Å². The number of aromatic hydroxyl groups is 1. The molecular formula is C31H30O4S. The van der Waals surface area contributed by atoms with Crippen LogP contribution in [-0.2, 0) is 4.18 Å². The van der Waals surface area contributed by atoms with Crippen molar-refractivity contribution in [2.75, 3.05) is 0 Å². The number of hydrogen-bond acceptors (Lipinski definition) is 4. The van der Waals surface area contributed by atoms with E-state index in [0.717, 1.165) is 33.3 Å². The van der Waals surface area contributed by atoms with Crippen molar-refractivity contribution in [1.29, 1.82) is 0 Å². The molecule has 36 heavy (non-hydrogen) atoms. The Morgan fingerprint density at radius 1 is 0.667 bits per heavy atom. The first kappa shape index (κ1) is 24.0. The van der Waals surface area contributed by atoms with Gasteiger partial charge in [-0.1, -0.05) is 55.0 Å². The second-order valence-corrected chi connectivity index (χ2v) is 11.6. The van der Waals surface area contributed by atoms with Crippen molar-refractivity contribution in [3.63, 3.8) is 0 Å². The van der Waals surface area contributed by atoms with E-state index in [9.17, 15) is 9.90 Å². The minimum Gasteiger partial charge on any atom is -0.507 e. The first-order valence-electron chi connectivity index (χ1n) is 12.4. The van der Waals surface area contributed by atoms with Crippen molar-refractivity contribution in [3.05, 3.63) is 115 Å². The molecule has 0 bridgehead atoms. The molecule has 0 heterocycles. The van der Waals surface area contributed by atoms with Crippen LogP contribution in [0, 0.1) is 0 Å². The Kier molecular flexibility index (Phi) is 7.28. The van der Waals surface area contributed by atoms with Crippen molar-refractivity contribution >= 4 is 16.3 Å². The Labute approximate surface area is 214 Å². The van der Waals surface area contributed by atoms with Crippen LogP contribution in [0.3, 0.4) is 0 Å². The highest BCUT2D eigenvalue weighted by Gasteiger charge is 2.36. The normalized spacial score (nSPS) is 14.7. The highest BCUT2D eigenvalue weighted by Crippen LogP contribution is 2.69. The van der Waals surface area contributed by atoms with E-state index in [2.05, 4.69) is 0 Å². The van der Waals surface area contributed by atoms with Crippen LogP contribution in [0.2, 0.25) is 0 Å². The number of para-hydroxylation sites is 1. The molecule has 4 aromatic rings. The molecule has 1 aliphatic rings. The fraction of sp³-hybridized carbons (Fsp3) is 0.194. The maximum atomic E-state index is 13.5. The van der Waals surface area contributed by atoms with Crippen LogP contribution in [0.15, 0.2) is 124 Å². The van der Waals surface area contributed by atoms with E-state index in [-0.39, 0.29) is 17.4 Å². The van der Waals surface area contributed by atoms with E-state index in [1.165, 1.54) is 25.3 Å². The minimum atomic E-state index is -2.46. The van der Waals surface area contributed by atoms with Gasteiger partial charge in [0.15, 0.2) is 0 Å². The zero-order valence-corrected chi connectivity index (χ0v) is 20.9. The Bertz CT molecular complexity index is 1240. The molecule has 0 radical (unpaired) electrons. The SMILES string of the molecule is O=C(OS(c1ccccc1)(c1ccccc1)c1ccc(OC2CCCCC2)cc1)c1ccccc1O. The standard InChI is InChI=1S/C31H30O4S/c32-30-19-11-10-18-29(30)31(33)35-36(26-14-6-2-7-15-26,27-16-8-3-9-17-27)28-22-20-25(21-23-28)34-24-12-4-1-5-13-24/h2-3,6-11,14-24,32H,1,4-5,12-13H2. The van der Waals surface area contributed by atoms with Crippen molar-refractivity contribution in [1.82, 2.24) is 0 Å². The maximum Gasteiger partial charge on any atom is 0.353 e. The van der Waals surface area contributed by atoms with E-state index in [4.69, 9.17) is 8.92 Å². The van der Waals surface area contributed by atoms with Crippen LogP contribution in [0.4, 0.5) is 0 Å². The summed E-state index contributed by atoms with van der Waals surface area (Å²) in [6.07, 6.45) is 6.12. The van der Waals surface area contributed by atoms with Gasteiger partial charge < -0.3 is 14.0 Å². The Balaban J connectivity index is 1.60. The number of carbonyl (C=O) groups excluding carboxylic acids is 1. The molecule has 5 heteroatoms. The van der Waals surface area contributed by atoms with Gasteiger partial charge in [-0.15, -0.1) is 0 Å². The van der Waals surface area contributed by atoms with Crippen LogP contribution in [0.25, 0.3) is 0 Å². The van der Waals surface area contributed by atoms with E-state index in [0.29, 0.717) is 0 Å². The lowest BCUT2D eigenvalue weighted by Crippen LogP contribution is -2.19. The summed E-state index contributed by atoms with van der Waals surface area (Å²) in [5.41, 5.74) is 0.137. The summed E-state index contributed by atoms with van der Waals surface area (Å²) in [5.74, 6) is 0.151. The van der Waals surface area contributed by atoms with Gasteiger partial charge in [0, 0.05) is 14.7 Å². The van der Waals surface area contributed by atoms with Gasteiger partial charge in [-0.05, 0) is 96.7 Å². The Morgan fingerprint density at radius 3 is 1.78 bits per heavy atom. The average Bonchev–Trinajstić information content (AvgIpc) is 2.94. The fourth-order valence-electron chi connectivity index (χ4n) is 4.67. The first-order chi connectivity index (χ1) is 17.7. The molecule has 1 fully saturated rings. The van der Waals surface area contributed by atoms with Crippen LogP contribution in [-0.4, -0.2) is 17.2 Å². The molecule has 0 amide bonds. The highest BCUT2D eigenvalue weighted by atomic mass is 32.3. The maximum absolute atomic E-state index is 13.5. The van der Waals surface area contributed by atoms with Gasteiger partial charge in [-0.2, -0.15) is 0 Å². The van der Waals surface area contributed by atoms with Gasteiger partial charge in [0.2, 0.25) is 0 Å². The van der Waals surface area contributed by atoms with Gasteiger partial charge in [-0.3, -0.25) is 0 Å². The Hall–Kier alpha value is -3.70. The van der Waals surface area contributed by atoms with Gasteiger partial charge in [-0.25, -0.2) is 4.79 Å². The predicted molar refractivity (Wildman–Crippen MR) is 143 cm³/mol. The summed E-state index contributed by atoms with van der Waals surface area (Å²) in [4.78, 5) is 16.2. The topological polar surface area (TPSA) is 55.8 Å². The fourth-order valence-corrected chi connectivity index (χ4v) is 7.69. The van der Waals surface area contributed by atoms with Crippen LogP contribution >= 0.6 is 10.3 Å². The molecule has 1 aliphatic carbocycles. The number of rotatable bonds is 7. The summed E-state index contributed by atoms with van der Waals surface area (Å²) in [6, 6.07) is 34.1. The third-order valence-electron chi connectivity index (χ3n) is 6.49. The molecular weight excluding hydrogens is 468 g/mol. The lowest BCUT2D eigenvalue weighted by molar-refractivity contribution is 0.0754. The zero-order valence-electron chi connectivity index (χ0n) is 20.1. The number of benzene rings is 4. The number of hydrogen-bond donors (Lipinski definition) is 1. The van der Waals surface area contributed by atoms with Crippen LogP contribution < -0.4 is 4.74 Å². The zero-order chi connectivity index (χ0) is 24.8. The molecule has 0 saturated heterocycles. The number of phenols is 1. The molecule has 1 saturated carbocycles. The molecule has 0 aliphatic heterocycles. The third kappa shape index (κ3) is 4.98.